The Morgan fingerprint density at radius 3 is 2.81 bits per heavy atom. The molecule has 0 saturated heterocycles. The molecule has 0 aromatic heterocycles. The number of ketones is 1. The Morgan fingerprint density at radius 2 is 2.00 bits per heavy atom. The Morgan fingerprint density at radius 1 is 1.19 bits per heavy atom. The largest absolute Gasteiger partial charge is 0.359 e. The van der Waals surface area contributed by atoms with E-state index in [0.717, 1.165) is 31.3 Å². The van der Waals surface area contributed by atoms with Crippen molar-refractivity contribution in [3.63, 3.8) is 0 Å². The summed E-state index contributed by atoms with van der Waals surface area (Å²) >= 11 is 0. The quantitative estimate of drug-likeness (QED) is 0.691. The molecule has 0 N–H and O–H groups in total. The van der Waals surface area contributed by atoms with Crippen molar-refractivity contribution in [2.75, 3.05) is 13.9 Å². The summed E-state index contributed by atoms with van der Waals surface area (Å²) in [5.41, 5.74) is 2.34. The van der Waals surface area contributed by atoms with Crippen LogP contribution in [0.4, 0.5) is 0 Å². The lowest BCUT2D eigenvalue weighted by atomic mass is 9.85. The van der Waals surface area contributed by atoms with Gasteiger partial charge in [-0.25, -0.2) is 0 Å². The van der Waals surface area contributed by atoms with Gasteiger partial charge in [-0.15, -0.1) is 0 Å². The Hall–Kier alpha value is -0.670. The van der Waals surface area contributed by atoms with Crippen LogP contribution in [0.2, 0.25) is 0 Å². The van der Waals surface area contributed by atoms with Crippen LogP contribution in [-0.4, -0.2) is 25.8 Å². The minimum Gasteiger partial charge on any atom is -0.359 e. The van der Waals surface area contributed by atoms with E-state index < -0.39 is 0 Å². The second-order valence-corrected chi connectivity index (χ2v) is 4.59. The van der Waals surface area contributed by atoms with Crippen LogP contribution in [-0.2, 0) is 14.3 Å². The van der Waals surface area contributed by atoms with Crippen molar-refractivity contribution in [1.82, 2.24) is 0 Å². The lowest BCUT2D eigenvalue weighted by Gasteiger charge is -2.26. The number of hydrogen-bond acceptors (Lipinski definition) is 3. The topological polar surface area (TPSA) is 35.5 Å². The molecule has 1 unspecified atom stereocenters. The second-order valence-electron chi connectivity index (χ2n) is 4.59. The van der Waals surface area contributed by atoms with Gasteiger partial charge >= 0.3 is 0 Å². The van der Waals surface area contributed by atoms with Crippen molar-refractivity contribution in [2.45, 2.75) is 51.0 Å². The Balaban J connectivity index is 2.14. The number of rotatable bonds is 3. The molecule has 16 heavy (non-hydrogen) atoms. The number of ether oxygens (including phenoxy) is 2. The zero-order valence-electron chi connectivity index (χ0n) is 9.96. The number of methoxy groups -OCH3 is 1. The van der Waals surface area contributed by atoms with Gasteiger partial charge in [0.15, 0.2) is 5.78 Å². The van der Waals surface area contributed by atoms with Gasteiger partial charge in [-0.05, 0) is 43.3 Å². The SMILES string of the molecule is COCOC1CCC(=O)C2=C1CCCCC2. The Labute approximate surface area is 96.8 Å². The average Bonchev–Trinajstić information content (AvgIpc) is 2.54. The van der Waals surface area contributed by atoms with Gasteiger partial charge in [-0.3, -0.25) is 4.79 Å². The fourth-order valence-electron chi connectivity index (χ4n) is 2.70. The van der Waals surface area contributed by atoms with E-state index in [1.165, 1.54) is 18.4 Å². The monoisotopic (exact) mass is 224 g/mol. The predicted molar refractivity (Wildman–Crippen MR) is 61.1 cm³/mol. The molecule has 2 rings (SSSR count). The first-order valence-corrected chi connectivity index (χ1v) is 6.18. The summed E-state index contributed by atoms with van der Waals surface area (Å²) in [5.74, 6) is 0.356. The molecule has 2 aliphatic carbocycles. The lowest BCUT2D eigenvalue weighted by molar-refractivity contribution is -0.118. The molecule has 0 amide bonds. The predicted octanol–water partition coefficient (Wildman–Crippen LogP) is 2.60. The average molecular weight is 224 g/mol. The van der Waals surface area contributed by atoms with Crippen LogP contribution < -0.4 is 0 Å². The zero-order chi connectivity index (χ0) is 11.4. The summed E-state index contributed by atoms with van der Waals surface area (Å²) < 4.78 is 10.6. The van der Waals surface area contributed by atoms with E-state index >= 15 is 0 Å². The fourth-order valence-corrected chi connectivity index (χ4v) is 2.70. The van der Waals surface area contributed by atoms with Gasteiger partial charge in [0.25, 0.3) is 0 Å². The molecule has 3 heteroatoms. The van der Waals surface area contributed by atoms with E-state index in [4.69, 9.17) is 9.47 Å². The zero-order valence-corrected chi connectivity index (χ0v) is 9.96. The number of carbonyl (C=O) groups excluding carboxylic acids is 1. The highest BCUT2D eigenvalue weighted by atomic mass is 16.7. The van der Waals surface area contributed by atoms with E-state index in [0.29, 0.717) is 19.0 Å². The fraction of sp³-hybridized carbons (Fsp3) is 0.769. The summed E-state index contributed by atoms with van der Waals surface area (Å²) in [7, 11) is 1.64. The molecular weight excluding hydrogens is 204 g/mol. The third-order valence-corrected chi connectivity index (χ3v) is 3.51. The molecular formula is C13H20O3. The first-order chi connectivity index (χ1) is 7.83. The van der Waals surface area contributed by atoms with Gasteiger partial charge in [-0.1, -0.05) is 6.42 Å². The molecule has 1 atom stereocenters. The second kappa shape index (κ2) is 5.60. The number of hydrogen-bond donors (Lipinski definition) is 0. The third kappa shape index (κ3) is 2.53. The first-order valence-electron chi connectivity index (χ1n) is 6.18. The van der Waals surface area contributed by atoms with Crippen molar-refractivity contribution in [3.8, 4) is 0 Å². The van der Waals surface area contributed by atoms with Crippen LogP contribution in [0.3, 0.4) is 0 Å². The summed E-state index contributed by atoms with van der Waals surface area (Å²) in [6.07, 6.45) is 7.19. The molecule has 0 fully saturated rings. The Bertz CT molecular complexity index is 294. The van der Waals surface area contributed by atoms with Crippen LogP contribution in [0.25, 0.3) is 0 Å². The van der Waals surface area contributed by atoms with Crippen LogP contribution in [0, 0.1) is 0 Å². The van der Waals surface area contributed by atoms with Gasteiger partial charge in [-0.2, -0.15) is 0 Å². The van der Waals surface area contributed by atoms with Crippen LogP contribution in [0.15, 0.2) is 11.1 Å². The van der Waals surface area contributed by atoms with E-state index in [-0.39, 0.29) is 6.10 Å². The van der Waals surface area contributed by atoms with E-state index in [1.54, 1.807) is 7.11 Å². The maximum Gasteiger partial charge on any atom is 0.159 e. The minimum absolute atomic E-state index is 0.130. The van der Waals surface area contributed by atoms with Gasteiger partial charge < -0.3 is 9.47 Å². The molecule has 0 spiro atoms. The van der Waals surface area contributed by atoms with Gasteiger partial charge in [0.1, 0.15) is 6.79 Å². The van der Waals surface area contributed by atoms with Gasteiger partial charge in [0, 0.05) is 13.5 Å². The number of carbonyl (C=O) groups is 1. The van der Waals surface area contributed by atoms with Crippen molar-refractivity contribution in [2.24, 2.45) is 0 Å². The van der Waals surface area contributed by atoms with Crippen molar-refractivity contribution in [3.05, 3.63) is 11.1 Å². The first kappa shape index (κ1) is 11.8. The maximum absolute atomic E-state index is 11.9. The molecule has 2 aliphatic rings. The van der Waals surface area contributed by atoms with Crippen LogP contribution in [0.1, 0.15) is 44.9 Å². The van der Waals surface area contributed by atoms with E-state index in [9.17, 15) is 4.79 Å². The highest BCUT2D eigenvalue weighted by Crippen LogP contribution is 2.34. The summed E-state index contributed by atoms with van der Waals surface area (Å²) in [4.78, 5) is 11.9. The standard InChI is InChI=1S/C13H20O3/c1-15-9-16-13-8-7-12(14)10-5-3-2-4-6-11(10)13/h13H,2-9H2,1H3. The summed E-state index contributed by atoms with van der Waals surface area (Å²) in [6.45, 7) is 0.329. The lowest BCUT2D eigenvalue weighted by Crippen LogP contribution is -2.26. The molecule has 0 aromatic carbocycles. The molecule has 90 valence electrons. The van der Waals surface area contributed by atoms with E-state index in [2.05, 4.69) is 0 Å². The highest BCUT2D eigenvalue weighted by molar-refractivity contribution is 5.97. The molecule has 3 nitrogen and oxygen atoms in total. The number of Topliss-reactive ketones (excluding diaryl/α,β-unsaturated/α-hetero) is 1. The third-order valence-electron chi connectivity index (χ3n) is 3.51. The molecule has 0 radical (unpaired) electrons. The normalized spacial score (nSPS) is 26.6. The highest BCUT2D eigenvalue weighted by Gasteiger charge is 2.29. The number of allylic oxidation sites excluding steroid dienone is 1. The van der Waals surface area contributed by atoms with Gasteiger partial charge in [0.05, 0.1) is 6.10 Å². The molecule has 0 bridgehead atoms. The van der Waals surface area contributed by atoms with Gasteiger partial charge in [0.2, 0.25) is 0 Å². The Kier molecular flexibility index (Phi) is 4.13. The van der Waals surface area contributed by atoms with E-state index in [1.807, 2.05) is 0 Å². The van der Waals surface area contributed by atoms with Crippen molar-refractivity contribution in [1.29, 1.82) is 0 Å². The smallest absolute Gasteiger partial charge is 0.159 e. The molecule has 0 heterocycles. The van der Waals surface area contributed by atoms with Crippen molar-refractivity contribution < 1.29 is 14.3 Å². The maximum atomic E-state index is 11.9. The van der Waals surface area contributed by atoms with Crippen LogP contribution in [0.5, 0.6) is 0 Å². The van der Waals surface area contributed by atoms with Crippen LogP contribution >= 0.6 is 0 Å². The summed E-state index contributed by atoms with van der Waals surface area (Å²) in [5, 5.41) is 0. The minimum atomic E-state index is 0.130. The van der Waals surface area contributed by atoms with Crippen molar-refractivity contribution >= 4 is 5.78 Å². The molecule has 0 aromatic rings. The summed E-state index contributed by atoms with van der Waals surface area (Å²) in [6, 6.07) is 0. The molecule has 0 saturated carbocycles. The molecule has 0 aliphatic heterocycles.